The zero-order chi connectivity index (χ0) is 14.6. The second-order valence-corrected chi connectivity index (χ2v) is 6.21. The molecule has 0 aliphatic carbocycles. The molecule has 2 aliphatic rings. The van der Waals surface area contributed by atoms with Crippen LogP contribution in [0.25, 0.3) is 10.9 Å². The minimum Gasteiger partial charge on any atom is -0.393 e. The van der Waals surface area contributed by atoms with Crippen LogP contribution in [-0.2, 0) is 7.05 Å². The molecule has 2 aromatic rings. The molecule has 0 radical (unpaired) electrons. The first-order valence-electron chi connectivity index (χ1n) is 7.57. The highest BCUT2D eigenvalue weighted by Gasteiger charge is 2.43. The summed E-state index contributed by atoms with van der Waals surface area (Å²) < 4.78 is 1.77. The number of aliphatic hydroxyl groups is 1. The fourth-order valence-corrected chi connectivity index (χ4v) is 3.97. The molecule has 1 aromatic heterocycles. The number of aliphatic hydroxyl groups excluding tert-OH is 1. The van der Waals surface area contributed by atoms with Gasteiger partial charge in [0.1, 0.15) is 0 Å². The van der Waals surface area contributed by atoms with E-state index in [1.807, 2.05) is 36.2 Å². The lowest BCUT2D eigenvalue weighted by molar-refractivity contribution is 0.0283. The van der Waals surface area contributed by atoms with Crippen LogP contribution in [0.5, 0.6) is 0 Å². The molecule has 1 amide bonds. The number of nitrogens with zero attached hydrogens (tertiary/aromatic N) is 3. The lowest BCUT2D eigenvalue weighted by Gasteiger charge is -2.36. The summed E-state index contributed by atoms with van der Waals surface area (Å²) in [6.07, 6.45) is 3.14. The number of rotatable bonds is 1. The largest absolute Gasteiger partial charge is 0.393 e. The summed E-state index contributed by atoms with van der Waals surface area (Å²) in [5.41, 5.74) is 1.52. The van der Waals surface area contributed by atoms with Crippen LogP contribution in [0.1, 0.15) is 36.2 Å². The van der Waals surface area contributed by atoms with Crippen LogP contribution in [0, 0.1) is 0 Å². The van der Waals surface area contributed by atoms with Crippen LogP contribution < -0.4 is 0 Å². The molecule has 2 atom stereocenters. The SMILES string of the molecule is Cn1nc(C(=O)N2C3CCC2CC(O)C3)c2ccccc21. The van der Waals surface area contributed by atoms with Gasteiger partial charge in [-0.05, 0) is 31.7 Å². The zero-order valence-corrected chi connectivity index (χ0v) is 12.1. The molecule has 2 bridgehead atoms. The van der Waals surface area contributed by atoms with Crippen LogP contribution >= 0.6 is 0 Å². The van der Waals surface area contributed by atoms with Gasteiger partial charge in [0.15, 0.2) is 5.69 Å². The zero-order valence-electron chi connectivity index (χ0n) is 12.1. The molecule has 2 unspecified atom stereocenters. The van der Waals surface area contributed by atoms with Crippen molar-refractivity contribution < 1.29 is 9.90 Å². The van der Waals surface area contributed by atoms with Crippen LogP contribution in [0.15, 0.2) is 24.3 Å². The average molecular weight is 285 g/mol. The Labute approximate surface area is 123 Å². The molecule has 1 aromatic carbocycles. The molecule has 0 saturated carbocycles. The van der Waals surface area contributed by atoms with Gasteiger partial charge in [0.2, 0.25) is 0 Å². The summed E-state index contributed by atoms with van der Waals surface area (Å²) in [5, 5.41) is 15.2. The summed E-state index contributed by atoms with van der Waals surface area (Å²) in [6.45, 7) is 0. The maximum absolute atomic E-state index is 13.0. The number of carbonyl (C=O) groups excluding carboxylic acids is 1. The summed E-state index contributed by atoms with van der Waals surface area (Å²) in [6, 6.07) is 8.18. The Kier molecular flexibility index (Phi) is 2.79. The maximum atomic E-state index is 13.0. The number of aryl methyl sites for hydroxylation is 1. The van der Waals surface area contributed by atoms with Gasteiger partial charge in [-0.3, -0.25) is 9.48 Å². The Hall–Kier alpha value is -1.88. The van der Waals surface area contributed by atoms with Gasteiger partial charge in [-0.15, -0.1) is 0 Å². The number of hydrogen-bond acceptors (Lipinski definition) is 3. The first kappa shape index (κ1) is 12.8. The van der Waals surface area contributed by atoms with Crippen molar-refractivity contribution in [2.24, 2.45) is 7.05 Å². The van der Waals surface area contributed by atoms with E-state index in [0.29, 0.717) is 18.5 Å². The number of aromatic nitrogens is 2. The van der Waals surface area contributed by atoms with Crippen molar-refractivity contribution in [3.8, 4) is 0 Å². The molecule has 4 rings (SSSR count). The topological polar surface area (TPSA) is 58.4 Å². The highest BCUT2D eigenvalue weighted by Crippen LogP contribution is 2.37. The summed E-state index contributed by atoms with van der Waals surface area (Å²) in [7, 11) is 1.87. The number of amides is 1. The Morgan fingerprint density at radius 1 is 1.24 bits per heavy atom. The van der Waals surface area contributed by atoms with Crippen molar-refractivity contribution in [2.45, 2.75) is 43.9 Å². The van der Waals surface area contributed by atoms with Crippen LogP contribution in [-0.4, -0.2) is 43.9 Å². The lowest BCUT2D eigenvalue weighted by atomic mass is 9.99. The number of hydrogen-bond donors (Lipinski definition) is 1. The molecule has 1 N–H and O–H groups in total. The van der Waals surface area contributed by atoms with Gasteiger partial charge in [-0.1, -0.05) is 18.2 Å². The smallest absolute Gasteiger partial charge is 0.275 e. The standard InChI is InChI=1S/C16H19N3O2/c1-18-14-5-3-2-4-13(14)15(17-18)16(21)19-10-6-7-11(19)9-12(20)8-10/h2-5,10-12,20H,6-9H2,1H3. The Bertz CT molecular complexity index is 695. The van der Waals surface area contributed by atoms with E-state index in [2.05, 4.69) is 5.10 Å². The lowest BCUT2D eigenvalue weighted by Crippen LogP contribution is -2.48. The second kappa shape index (κ2) is 4.56. The van der Waals surface area contributed by atoms with E-state index in [-0.39, 0.29) is 24.1 Å². The predicted molar refractivity (Wildman–Crippen MR) is 78.9 cm³/mol. The van der Waals surface area contributed by atoms with Gasteiger partial charge in [0, 0.05) is 24.5 Å². The first-order valence-corrected chi connectivity index (χ1v) is 7.57. The molecule has 2 saturated heterocycles. The van der Waals surface area contributed by atoms with Gasteiger partial charge in [0.05, 0.1) is 11.6 Å². The van der Waals surface area contributed by atoms with Crippen LogP contribution in [0.4, 0.5) is 0 Å². The highest BCUT2D eigenvalue weighted by atomic mass is 16.3. The van der Waals surface area contributed by atoms with Crippen molar-refractivity contribution in [3.05, 3.63) is 30.0 Å². The third kappa shape index (κ3) is 1.87. The van der Waals surface area contributed by atoms with Crippen LogP contribution in [0.2, 0.25) is 0 Å². The van der Waals surface area contributed by atoms with E-state index in [9.17, 15) is 9.90 Å². The average Bonchev–Trinajstić information content (AvgIpc) is 2.95. The molecular weight excluding hydrogens is 266 g/mol. The van der Waals surface area contributed by atoms with E-state index in [1.165, 1.54) is 0 Å². The third-order valence-corrected chi connectivity index (χ3v) is 4.90. The van der Waals surface area contributed by atoms with Gasteiger partial charge in [-0.2, -0.15) is 5.10 Å². The summed E-state index contributed by atoms with van der Waals surface area (Å²) >= 11 is 0. The van der Waals surface area contributed by atoms with Crippen molar-refractivity contribution in [1.29, 1.82) is 0 Å². The van der Waals surface area contributed by atoms with E-state index >= 15 is 0 Å². The van der Waals surface area contributed by atoms with Crippen molar-refractivity contribution in [1.82, 2.24) is 14.7 Å². The second-order valence-electron chi connectivity index (χ2n) is 6.21. The van der Waals surface area contributed by atoms with E-state index in [1.54, 1.807) is 4.68 Å². The monoisotopic (exact) mass is 285 g/mol. The van der Waals surface area contributed by atoms with E-state index in [4.69, 9.17) is 0 Å². The molecule has 5 heteroatoms. The molecule has 3 heterocycles. The molecule has 0 spiro atoms. The Balaban J connectivity index is 1.74. The van der Waals surface area contributed by atoms with Gasteiger partial charge >= 0.3 is 0 Å². The van der Waals surface area contributed by atoms with Gasteiger partial charge < -0.3 is 10.0 Å². The number of carbonyl (C=O) groups is 1. The molecule has 5 nitrogen and oxygen atoms in total. The van der Waals surface area contributed by atoms with Crippen molar-refractivity contribution in [3.63, 3.8) is 0 Å². The van der Waals surface area contributed by atoms with Crippen molar-refractivity contribution >= 4 is 16.8 Å². The summed E-state index contributed by atoms with van der Waals surface area (Å²) in [5.74, 6) is 0.0196. The van der Waals surface area contributed by atoms with Gasteiger partial charge in [0.25, 0.3) is 5.91 Å². The Morgan fingerprint density at radius 2 is 1.90 bits per heavy atom. The molecule has 21 heavy (non-hydrogen) atoms. The van der Waals surface area contributed by atoms with Crippen LogP contribution in [0.3, 0.4) is 0 Å². The fraction of sp³-hybridized carbons (Fsp3) is 0.500. The minimum atomic E-state index is -0.257. The fourth-order valence-electron chi connectivity index (χ4n) is 3.97. The normalized spacial score (nSPS) is 28.3. The quantitative estimate of drug-likeness (QED) is 0.867. The summed E-state index contributed by atoms with van der Waals surface area (Å²) in [4.78, 5) is 14.9. The minimum absolute atomic E-state index is 0.0196. The number of benzene rings is 1. The van der Waals surface area contributed by atoms with Crippen molar-refractivity contribution in [2.75, 3.05) is 0 Å². The molecule has 2 aliphatic heterocycles. The third-order valence-electron chi connectivity index (χ3n) is 4.90. The number of para-hydroxylation sites is 1. The van der Waals surface area contributed by atoms with E-state index in [0.717, 1.165) is 23.7 Å². The number of fused-ring (bicyclic) bond motifs is 3. The van der Waals surface area contributed by atoms with Gasteiger partial charge in [-0.25, -0.2) is 0 Å². The molecular formula is C16H19N3O2. The maximum Gasteiger partial charge on any atom is 0.275 e. The predicted octanol–water partition coefficient (Wildman–Crippen LogP) is 1.70. The number of piperidine rings is 1. The molecule has 2 fully saturated rings. The van der Waals surface area contributed by atoms with E-state index < -0.39 is 0 Å². The molecule has 110 valence electrons. The Morgan fingerprint density at radius 3 is 2.62 bits per heavy atom. The highest BCUT2D eigenvalue weighted by molar-refractivity contribution is 6.05. The first-order chi connectivity index (χ1) is 10.1.